The molecule has 0 radical (unpaired) electrons. The van der Waals surface area contributed by atoms with Crippen molar-refractivity contribution in [2.75, 3.05) is 38.8 Å². The Balaban J connectivity index is 1.12. The standard InChI is InChI=1S/C32H54N6O14/c1-38(2)12-5-3-11(4-6-12)29-45-10-17-27(50-29)23(43)19(37)31(48-17)49-25-14(35)7-13(34)20(40)28(25)52-32-24(44)26(16(9-39)47-32)51-30-18(36)22(42)21(41)15(8-33)46-30/h3-6,13-32,39-44H,7-10,33-37H2,1-2H3/t13-,14+,15+,16-,17-,18-,19-,20+,21-,22-,23-,24-,25-,26-,27-,28-,29-,30-,31-,32+/m1/s1. The number of hydrogen-bond acceptors (Lipinski definition) is 20. The average Bonchev–Trinajstić information content (AvgIpc) is 3.43. The van der Waals surface area contributed by atoms with Crippen LogP contribution in [0.3, 0.4) is 0 Å². The number of hydrogen-bond donors (Lipinski definition) is 11. The summed E-state index contributed by atoms with van der Waals surface area (Å²) < 4.78 is 47.8. The second-order valence-electron chi connectivity index (χ2n) is 14.3. The molecule has 1 aromatic carbocycles. The van der Waals surface area contributed by atoms with E-state index >= 15 is 0 Å². The third-order valence-corrected chi connectivity index (χ3v) is 10.5. The topological polar surface area (TPSA) is 329 Å². The van der Waals surface area contributed by atoms with Gasteiger partial charge in [-0.2, -0.15) is 0 Å². The minimum atomic E-state index is -1.60. The molecule has 4 heterocycles. The van der Waals surface area contributed by atoms with E-state index in [4.69, 9.17) is 66.6 Å². The van der Waals surface area contributed by atoms with Crippen LogP contribution in [0.4, 0.5) is 5.69 Å². The van der Waals surface area contributed by atoms with E-state index < -0.39 is 129 Å². The predicted octanol–water partition coefficient (Wildman–Crippen LogP) is -6.03. The number of aliphatic hydroxyl groups excluding tert-OH is 6. The fourth-order valence-corrected chi connectivity index (χ4v) is 7.31. The van der Waals surface area contributed by atoms with Crippen LogP contribution in [0.15, 0.2) is 24.3 Å². The van der Waals surface area contributed by atoms with E-state index in [1.165, 1.54) is 0 Å². The number of fused-ring (bicyclic) bond motifs is 1. The zero-order valence-electron chi connectivity index (χ0n) is 29.0. The van der Waals surface area contributed by atoms with E-state index in [-0.39, 0.29) is 19.6 Å². The molecule has 6 rings (SSSR count). The second kappa shape index (κ2) is 16.5. The summed E-state index contributed by atoms with van der Waals surface area (Å²) in [4.78, 5) is 1.96. The Bertz CT molecular complexity index is 1300. The molecule has 5 aliphatic rings. The molecule has 1 aliphatic carbocycles. The lowest BCUT2D eigenvalue weighted by Gasteiger charge is -2.49. The van der Waals surface area contributed by atoms with Crippen molar-refractivity contribution in [2.24, 2.45) is 28.7 Å². The molecule has 0 amide bonds. The number of anilines is 1. The van der Waals surface area contributed by atoms with Crippen molar-refractivity contribution in [2.45, 2.75) is 129 Å². The van der Waals surface area contributed by atoms with E-state index in [0.717, 1.165) is 11.3 Å². The van der Waals surface area contributed by atoms with Gasteiger partial charge in [0.1, 0.15) is 67.1 Å². The molecule has 1 saturated carbocycles. The van der Waals surface area contributed by atoms with Gasteiger partial charge in [0, 0.05) is 44.0 Å². The van der Waals surface area contributed by atoms with E-state index in [0.29, 0.717) is 0 Å². The third kappa shape index (κ3) is 7.84. The van der Waals surface area contributed by atoms with Crippen molar-refractivity contribution in [3.63, 3.8) is 0 Å². The number of rotatable bonds is 10. The maximum absolute atomic E-state index is 11.3. The highest BCUT2D eigenvalue weighted by molar-refractivity contribution is 5.46. The van der Waals surface area contributed by atoms with Gasteiger partial charge in [0.25, 0.3) is 0 Å². The molecule has 16 N–H and O–H groups in total. The number of benzene rings is 1. The fraction of sp³-hybridized carbons (Fsp3) is 0.812. The summed E-state index contributed by atoms with van der Waals surface area (Å²) in [7, 11) is 3.86. The van der Waals surface area contributed by atoms with Crippen molar-refractivity contribution >= 4 is 5.69 Å². The molecule has 20 atom stereocenters. The third-order valence-electron chi connectivity index (χ3n) is 10.5. The largest absolute Gasteiger partial charge is 0.394 e. The molecule has 296 valence electrons. The lowest BCUT2D eigenvalue weighted by atomic mass is 9.84. The maximum atomic E-state index is 11.3. The minimum absolute atomic E-state index is 0.0426. The smallest absolute Gasteiger partial charge is 0.187 e. The maximum Gasteiger partial charge on any atom is 0.187 e. The van der Waals surface area contributed by atoms with Crippen molar-refractivity contribution in [3.8, 4) is 0 Å². The number of aliphatic hydroxyl groups is 6. The SMILES string of the molecule is CN(C)c1ccc([C@@H]2OC[C@H]3O[C@H](O[C@H]4[C@H](O[C@@H]5O[C@H](CO)[C@@H](O[C@H]6O[C@@H](CN)[C@@H](O)[C@H](O)[C@H]6N)[C@H]5O)[C@@H](O)[C@H](N)C[C@@H]4N)[C@H](N)[C@@H](O)[C@@H]3O2)cc1. The number of nitrogens with zero attached hydrogens (tertiary/aromatic N) is 1. The Labute approximate surface area is 300 Å². The molecule has 0 aromatic heterocycles. The Hall–Kier alpha value is -1.74. The molecule has 0 spiro atoms. The van der Waals surface area contributed by atoms with Crippen LogP contribution < -0.4 is 33.6 Å². The first-order valence-electron chi connectivity index (χ1n) is 17.4. The van der Waals surface area contributed by atoms with Gasteiger partial charge in [0.2, 0.25) is 0 Å². The predicted molar refractivity (Wildman–Crippen MR) is 178 cm³/mol. The molecule has 0 bridgehead atoms. The molecule has 20 nitrogen and oxygen atoms in total. The van der Waals surface area contributed by atoms with Gasteiger partial charge in [0.15, 0.2) is 25.2 Å². The quantitative estimate of drug-likeness (QED) is 0.106. The molecule has 5 fully saturated rings. The summed E-state index contributed by atoms with van der Waals surface area (Å²) in [6.45, 7) is -0.760. The number of ether oxygens (including phenoxy) is 8. The van der Waals surface area contributed by atoms with E-state index in [2.05, 4.69) is 0 Å². The van der Waals surface area contributed by atoms with Gasteiger partial charge in [-0.25, -0.2) is 0 Å². The summed E-state index contributed by atoms with van der Waals surface area (Å²) in [5.74, 6) is 0. The Kier molecular flexibility index (Phi) is 12.7. The van der Waals surface area contributed by atoms with Gasteiger partial charge in [-0.05, 0) is 18.6 Å². The highest BCUT2D eigenvalue weighted by Crippen LogP contribution is 2.37. The Morgan fingerprint density at radius 1 is 0.692 bits per heavy atom. The Morgan fingerprint density at radius 2 is 1.31 bits per heavy atom. The molecular formula is C32H54N6O14. The summed E-state index contributed by atoms with van der Waals surface area (Å²) in [5.41, 5.74) is 32.6. The van der Waals surface area contributed by atoms with E-state index in [1.54, 1.807) is 0 Å². The molecular weight excluding hydrogens is 692 g/mol. The van der Waals surface area contributed by atoms with Crippen molar-refractivity contribution in [3.05, 3.63) is 29.8 Å². The zero-order valence-corrected chi connectivity index (χ0v) is 29.0. The van der Waals surface area contributed by atoms with E-state index in [9.17, 15) is 30.6 Å². The molecule has 1 aromatic rings. The summed E-state index contributed by atoms with van der Waals surface area (Å²) in [5, 5.41) is 64.5. The van der Waals surface area contributed by atoms with Gasteiger partial charge < -0.3 is 102 Å². The van der Waals surface area contributed by atoms with Crippen molar-refractivity contribution in [1.82, 2.24) is 0 Å². The zero-order chi connectivity index (χ0) is 37.6. The lowest BCUT2D eigenvalue weighted by Crippen LogP contribution is -2.69. The monoisotopic (exact) mass is 746 g/mol. The van der Waals surface area contributed by atoms with Crippen LogP contribution in [0.5, 0.6) is 0 Å². The average molecular weight is 747 g/mol. The van der Waals surface area contributed by atoms with Crippen LogP contribution in [0.1, 0.15) is 18.3 Å². The van der Waals surface area contributed by atoms with Gasteiger partial charge in [-0.1, -0.05) is 12.1 Å². The van der Waals surface area contributed by atoms with Gasteiger partial charge >= 0.3 is 0 Å². The molecule has 4 saturated heterocycles. The summed E-state index contributed by atoms with van der Waals surface area (Å²) >= 11 is 0. The fourth-order valence-electron chi connectivity index (χ4n) is 7.31. The molecule has 20 heteroatoms. The van der Waals surface area contributed by atoms with Gasteiger partial charge in [-0.3, -0.25) is 0 Å². The number of nitrogens with two attached hydrogens (primary N) is 5. The highest BCUT2D eigenvalue weighted by Gasteiger charge is 2.55. The first-order chi connectivity index (χ1) is 24.7. The van der Waals surface area contributed by atoms with Crippen molar-refractivity contribution in [1.29, 1.82) is 0 Å². The van der Waals surface area contributed by atoms with Crippen LogP contribution >= 0.6 is 0 Å². The summed E-state index contributed by atoms with van der Waals surface area (Å²) in [6, 6.07) is 3.51. The second-order valence-corrected chi connectivity index (χ2v) is 14.3. The van der Waals surface area contributed by atoms with Crippen LogP contribution in [0.25, 0.3) is 0 Å². The van der Waals surface area contributed by atoms with Crippen LogP contribution in [-0.2, 0) is 37.9 Å². The van der Waals surface area contributed by atoms with Crippen molar-refractivity contribution < 1.29 is 68.5 Å². The first-order valence-corrected chi connectivity index (χ1v) is 17.4. The highest BCUT2D eigenvalue weighted by atomic mass is 16.8. The summed E-state index contributed by atoms with van der Waals surface area (Å²) in [6.07, 6.45) is -19.5. The lowest BCUT2D eigenvalue weighted by molar-refractivity contribution is -0.356. The van der Waals surface area contributed by atoms with Crippen LogP contribution in [0.2, 0.25) is 0 Å². The van der Waals surface area contributed by atoms with E-state index in [1.807, 2.05) is 43.3 Å². The van der Waals surface area contributed by atoms with Gasteiger partial charge in [0.05, 0.1) is 31.4 Å². The van der Waals surface area contributed by atoms with Crippen LogP contribution in [0, 0.1) is 0 Å². The van der Waals surface area contributed by atoms with Gasteiger partial charge in [-0.15, -0.1) is 0 Å². The minimum Gasteiger partial charge on any atom is -0.394 e. The molecule has 4 aliphatic heterocycles. The first kappa shape index (κ1) is 39.9. The molecule has 0 unspecified atom stereocenters. The normalized spacial score (nSPS) is 48.3. The van der Waals surface area contributed by atoms with Crippen LogP contribution in [-0.4, -0.2) is 181 Å². The Morgan fingerprint density at radius 3 is 1.96 bits per heavy atom. The molecule has 52 heavy (non-hydrogen) atoms.